The first-order valence-electron chi connectivity index (χ1n) is 5.61. The summed E-state index contributed by atoms with van der Waals surface area (Å²) in [7, 11) is 1.54. The van der Waals surface area contributed by atoms with Gasteiger partial charge in [0.1, 0.15) is 6.10 Å². The number of ether oxygens (including phenoxy) is 1. The number of rotatable bonds is 7. The van der Waals surface area contributed by atoms with Crippen molar-refractivity contribution in [3.05, 3.63) is 0 Å². The van der Waals surface area contributed by atoms with Gasteiger partial charge in [-0.2, -0.15) is 0 Å². The lowest BCUT2D eigenvalue weighted by atomic mass is 10.2. The zero-order chi connectivity index (χ0) is 11.8. The van der Waals surface area contributed by atoms with Gasteiger partial charge in [-0.25, -0.2) is 0 Å². The van der Waals surface area contributed by atoms with Crippen LogP contribution >= 0.6 is 0 Å². The Bertz CT molecular complexity index is 181. The molecule has 0 bridgehead atoms. The van der Waals surface area contributed by atoms with E-state index < -0.39 is 0 Å². The van der Waals surface area contributed by atoms with Crippen molar-refractivity contribution < 1.29 is 9.53 Å². The van der Waals surface area contributed by atoms with E-state index in [1.165, 1.54) is 7.11 Å². The first kappa shape index (κ1) is 14.4. The number of hydrogen-bond donors (Lipinski definition) is 1. The summed E-state index contributed by atoms with van der Waals surface area (Å²) in [6.07, 6.45) is -0.367. The van der Waals surface area contributed by atoms with Gasteiger partial charge in [0.05, 0.1) is 0 Å². The van der Waals surface area contributed by atoms with E-state index in [4.69, 9.17) is 4.74 Å². The molecule has 0 rings (SSSR count). The number of hydrogen-bond acceptors (Lipinski definition) is 3. The van der Waals surface area contributed by atoms with E-state index in [0.29, 0.717) is 12.6 Å². The molecule has 0 heterocycles. The Hall–Kier alpha value is -0.610. The van der Waals surface area contributed by atoms with E-state index >= 15 is 0 Å². The number of carbonyl (C=O) groups is 1. The van der Waals surface area contributed by atoms with Crippen molar-refractivity contribution in [2.45, 2.75) is 39.8 Å². The molecule has 0 aliphatic rings. The van der Waals surface area contributed by atoms with Gasteiger partial charge in [0, 0.05) is 19.7 Å². The highest BCUT2D eigenvalue weighted by Crippen LogP contribution is 1.97. The van der Waals surface area contributed by atoms with Crippen LogP contribution in [0, 0.1) is 0 Å². The zero-order valence-corrected chi connectivity index (χ0v) is 10.5. The minimum atomic E-state index is -0.367. The first-order valence-corrected chi connectivity index (χ1v) is 5.61. The van der Waals surface area contributed by atoms with Crippen LogP contribution in [0.2, 0.25) is 0 Å². The molecule has 0 saturated heterocycles. The summed E-state index contributed by atoms with van der Waals surface area (Å²) in [6.45, 7) is 10.8. The van der Waals surface area contributed by atoms with Crippen LogP contribution in [-0.2, 0) is 9.53 Å². The van der Waals surface area contributed by atoms with Crippen LogP contribution < -0.4 is 5.32 Å². The molecule has 0 aromatic carbocycles. The average molecular weight is 216 g/mol. The molecule has 2 atom stereocenters. The fourth-order valence-electron chi connectivity index (χ4n) is 1.48. The maximum Gasteiger partial charge on any atom is 0.248 e. The summed E-state index contributed by atoms with van der Waals surface area (Å²) < 4.78 is 4.93. The fraction of sp³-hybridized carbons (Fsp3) is 0.909. The molecule has 90 valence electrons. The molecule has 4 nitrogen and oxygen atoms in total. The van der Waals surface area contributed by atoms with Gasteiger partial charge in [0.2, 0.25) is 5.91 Å². The van der Waals surface area contributed by atoms with Gasteiger partial charge < -0.3 is 10.1 Å². The van der Waals surface area contributed by atoms with Gasteiger partial charge in [-0.15, -0.1) is 0 Å². The van der Waals surface area contributed by atoms with Crippen molar-refractivity contribution in [3.8, 4) is 0 Å². The monoisotopic (exact) mass is 216 g/mol. The second-order valence-electron chi connectivity index (χ2n) is 3.69. The molecule has 1 amide bonds. The maximum atomic E-state index is 11.4. The highest BCUT2D eigenvalue weighted by Gasteiger charge is 2.14. The molecule has 2 unspecified atom stereocenters. The number of nitrogens with one attached hydrogen (secondary N) is 1. The summed E-state index contributed by atoms with van der Waals surface area (Å²) >= 11 is 0. The van der Waals surface area contributed by atoms with Gasteiger partial charge in [0.25, 0.3) is 0 Å². The van der Waals surface area contributed by atoms with Gasteiger partial charge >= 0.3 is 0 Å². The van der Waals surface area contributed by atoms with Crippen LogP contribution in [0.25, 0.3) is 0 Å². The number of likely N-dealkylation sites (N-methyl/N-ethyl adjacent to an activating group) is 1. The Morgan fingerprint density at radius 2 is 1.87 bits per heavy atom. The first-order chi connectivity index (χ1) is 7.06. The zero-order valence-electron chi connectivity index (χ0n) is 10.5. The Balaban J connectivity index is 3.88. The molecule has 0 saturated carbocycles. The molecule has 15 heavy (non-hydrogen) atoms. The topological polar surface area (TPSA) is 41.6 Å². The molecular weight excluding hydrogens is 192 g/mol. The minimum Gasteiger partial charge on any atom is -0.372 e. The SMILES string of the molecule is CCN(CC)C(C)CNC(=O)C(C)OC. The Labute approximate surface area is 93.0 Å². The van der Waals surface area contributed by atoms with Crippen LogP contribution in [0.4, 0.5) is 0 Å². The summed E-state index contributed by atoms with van der Waals surface area (Å²) in [6, 6.07) is 0.369. The lowest BCUT2D eigenvalue weighted by molar-refractivity contribution is -0.130. The molecule has 0 aliphatic heterocycles. The lowest BCUT2D eigenvalue weighted by Crippen LogP contribution is -2.44. The van der Waals surface area contributed by atoms with Gasteiger partial charge in [-0.05, 0) is 26.9 Å². The Kier molecular flexibility index (Phi) is 7.34. The molecule has 0 radical (unpaired) electrons. The minimum absolute atomic E-state index is 0.0449. The fourth-order valence-corrected chi connectivity index (χ4v) is 1.48. The van der Waals surface area contributed by atoms with E-state index in [2.05, 4.69) is 31.0 Å². The predicted octanol–water partition coefficient (Wildman–Crippen LogP) is 0.868. The molecule has 0 fully saturated rings. The normalized spacial score (nSPS) is 15.1. The van der Waals surface area contributed by atoms with E-state index in [1.807, 2.05) is 0 Å². The van der Waals surface area contributed by atoms with Crippen LogP contribution in [0.5, 0.6) is 0 Å². The molecule has 0 aromatic rings. The van der Waals surface area contributed by atoms with Crippen molar-refractivity contribution in [1.82, 2.24) is 10.2 Å². The Morgan fingerprint density at radius 1 is 1.33 bits per heavy atom. The third-order valence-electron chi connectivity index (χ3n) is 2.73. The van der Waals surface area contributed by atoms with E-state index in [9.17, 15) is 4.79 Å². The third kappa shape index (κ3) is 5.14. The highest BCUT2D eigenvalue weighted by molar-refractivity contribution is 5.80. The Morgan fingerprint density at radius 3 is 2.27 bits per heavy atom. The highest BCUT2D eigenvalue weighted by atomic mass is 16.5. The van der Waals surface area contributed by atoms with Crippen LogP contribution in [0.1, 0.15) is 27.7 Å². The quantitative estimate of drug-likeness (QED) is 0.686. The molecule has 0 aromatic heterocycles. The van der Waals surface area contributed by atoms with E-state index in [0.717, 1.165) is 13.1 Å². The van der Waals surface area contributed by atoms with Crippen LogP contribution in [-0.4, -0.2) is 49.7 Å². The average Bonchev–Trinajstić information content (AvgIpc) is 2.26. The summed E-state index contributed by atoms with van der Waals surface area (Å²) in [5.41, 5.74) is 0. The van der Waals surface area contributed by atoms with Crippen molar-refractivity contribution in [1.29, 1.82) is 0 Å². The number of methoxy groups -OCH3 is 1. The number of amides is 1. The summed E-state index contributed by atoms with van der Waals surface area (Å²) in [4.78, 5) is 13.7. The van der Waals surface area contributed by atoms with E-state index in [1.54, 1.807) is 6.92 Å². The van der Waals surface area contributed by atoms with Crippen LogP contribution in [0.3, 0.4) is 0 Å². The maximum absolute atomic E-state index is 11.4. The molecule has 0 aliphatic carbocycles. The number of nitrogens with zero attached hydrogens (tertiary/aromatic N) is 1. The molecule has 0 spiro atoms. The van der Waals surface area contributed by atoms with E-state index in [-0.39, 0.29) is 12.0 Å². The second kappa shape index (κ2) is 7.65. The van der Waals surface area contributed by atoms with Crippen molar-refractivity contribution in [3.63, 3.8) is 0 Å². The lowest BCUT2D eigenvalue weighted by Gasteiger charge is -2.26. The second-order valence-corrected chi connectivity index (χ2v) is 3.69. The number of carbonyl (C=O) groups excluding carboxylic acids is 1. The molecule has 1 N–H and O–H groups in total. The van der Waals surface area contributed by atoms with Gasteiger partial charge in [-0.3, -0.25) is 9.69 Å². The van der Waals surface area contributed by atoms with Gasteiger partial charge in [0.15, 0.2) is 0 Å². The predicted molar refractivity (Wildman–Crippen MR) is 61.9 cm³/mol. The largest absolute Gasteiger partial charge is 0.372 e. The smallest absolute Gasteiger partial charge is 0.248 e. The van der Waals surface area contributed by atoms with Crippen molar-refractivity contribution in [2.75, 3.05) is 26.7 Å². The molecule has 4 heteroatoms. The van der Waals surface area contributed by atoms with Gasteiger partial charge in [-0.1, -0.05) is 13.8 Å². The standard InChI is InChI=1S/C11H24N2O2/c1-6-13(7-2)9(3)8-12-11(14)10(4)15-5/h9-10H,6-8H2,1-5H3,(H,12,14). The third-order valence-corrected chi connectivity index (χ3v) is 2.73. The van der Waals surface area contributed by atoms with Crippen LogP contribution in [0.15, 0.2) is 0 Å². The summed E-state index contributed by atoms with van der Waals surface area (Å²) in [5, 5.41) is 2.88. The molecular formula is C11H24N2O2. The summed E-state index contributed by atoms with van der Waals surface area (Å²) in [5.74, 6) is -0.0449. The van der Waals surface area contributed by atoms with Crippen molar-refractivity contribution in [2.24, 2.45) is 0 Å². The van der Waals surface area contributed by atoms with Crippen molar-refractivity contribution >= 4 is 5.91 Å².